The number of aromatic nitrogens is 2. The van der Waals surface area contributed by atoms with Crippen LogP contribution in [0.2, 0.25) is 0 Å². The van der Waals surface area contributed by atoms with Gasteiger partial charge in [0, 0.05) is 19.2 Å². The minimum Gasteiger partial charge on any atom is -0.467 e. The lowest BCUT2D eigenvalue weighted by molar-refractivity contribution is 0.506. The van der Waals surface area contributed by atoms with Crippen molar-refractivity contribution in [1.29, 1.82) is 0 Å². The van der Waals surface area contributed by atoms with E-state index in [-0.39, 0.29) is 0 Å². The average Bonchev–Trinajstić information content (AvgIpc) is 2.92. The second-order valence-electron chi connectivity index (χ2n) is 4.93. The Balaban J connectivity index is 2.23. The maximum Gasteiger partial charge on any atom is 0.137 e. The van der Waals surface area contributed by atoms with Crippen LogP contribution in [0.4, 0.5) is 11.6 Å². The third kappa shape index (κ3) is 3.29. The van der Waals surface area contributed by atoms with Gasteiger partial charge in [0.1, 0.15) is 23.2 Å². The summed E-state index contributed by atoms with van der Waals surface area (Å²) in [4.78, 5) is 11.1. The van der Waals surface area contributed by atoms with E-state index >= 15 is 0 Å². The Labute approximate surface area is 120 Å². The van der Waals surface area contributed by atoms with Crippen molar-refractivity contribution in [2.45, 2.75) is 33.7 Å². The lowest BCUT2D eigenvalue weighted by atomic mass is 10.2. The van der Waals surface area contributed by atoms with Crippen LogP contribution in [0.25, 0.3) is 0 Å². The summed E-state index contributed by atoms with van der Waals surface area (Å²) < 4.78 is 5.39. The summed E-state index contributed by atoms with van der Waals surface area (Å²) in [5, 5.41) is 3.36. The molecule has 0 unspecified atom stereocenters. The number of anilines is 2. The molecule has 2 aromatic heterocycles. The fourth-order valence-electron chi connectivity index (χ4n) is 2.11. The molecule has 2 aromatic rings. The summed E-state index contributed by atoms with van der Waals surface area (Å²) in [6.45, 7) is 7.71. The summed E-state index contributed by atoms with van der Waals surface area (Å²) in [7, 11) is 2.01. The van der Waals surface area contributed by atoms with Gasteiger partial charge in [0.25, 0.3) is 0 Å². The van der Waals surface area contributed by atoms with Crippen molar-refractivity contribution < 1.29 is 4.42 Å². The van der Waals surface area contributed by atoms with Crippen LogP contribution in [0, 0.1) is 13.8 Å². The molecule has 0 bridgehead atoms. The van der Waals surface area contributed by atoms with Crippen molar-refractivity contribution >= 4 is 11.6 Å². The molecule has 0 amide bonds. The lowest BCUT2D eigenvalue weighted by Gasteiger charge is -2.21. The topological polar surface area (TPSA) is 54.2 Å². The molecule has 0 atom stereocenters. The molecule has 2 heterocycles. The van der Waals surface area contributed by atoms with Gasteiger partial charge in [-0.1, -0.05) is 6.92 Å². The average molecular weight is 274 g/mol. The molecule has 0 saturated carbocycles. The van der Waals surface area contributed by atoms with Crippen LogP contribution in [0.5, 0.6) is 0 Å². The monoisotopic (exact) mass is 274 g/mol. The van der Waals surface area contributed by atoms with Crippen molar-refractivity contribution in [3.63, 3.8) is 0 Å². The molecule has 5 heteroatoms. The molecule has 0 aliphatic rings. The van der Waals surface area contributed by atoms with Crippen molar-refractivity contribution in [2.75, 3.05) is 23.8 Å². The largest absolute Gasteiger partial charge is 0.467 e. The second-order valence-corrected chi connectivity index (χ2v) is 4.93. The van der Waals surface area contributed by atoms with E-state index in [2.05, 4.69) is 27.1 Å². The maximum absolute atomic E-state index is 5.39. The quantitative estimate of drug-likeness (QED) is 0.877. The SMILES string of the molecule is CCCNc1nc(C)nc(N(C)Cc2ccco2)c1C. The van der Waals surface area contributed by atoms with Crippen molar-refractivity contribution in [3.05, 3.63) is 35.5 Å². The van der Waals surface area contributed by atoms with Crippen molar-refractivity contribution in [1.82, 2.24) is 9.97 Å². The zero-order valence-electron chi connectivity index (χ0n) is 12.6. The van der Waals surface area contributed by atoms with Gasteiger partial charge in [-0.2, -0.15) is 0 Å². The van der Waals surface area contributed by atoms with E-state index < -0.39 is 0 Å². The first kappa shape index (κ1) is 14.4. The van der Waals surface area contributed by atoms with Crippen LogP contribution < -0.4 is 10.2 Å². The second kappa shape index (κ2) is 6.41. The van der Waals surface area contributed by atoms with E-state index in [4.69, 9.17) is 4.42 Å². The van der Waals surface area contributed by atoms with Gasteiger partial charge < -0.3 is 14.6 Å². The van der Waals surface area contributed by atoms with Crippen LogP contribution in [0.15, 0.2) is 22.8 Å². The van der Waals surface area contributed by atoms with Crippen LogP contribution in [-0.4, -0.2) is 23.6 Å². The molecule has 108 valence electrons. The first-order valence-corrected chi connectivity index (χ1v) is 6.94. The fourth-order valence-corrected chi connectivity index (χ4v) is 2.11. The van der Waals surface area contributed by atoms with Crippen LogP contribution in [0.3, 0.4) is 0 Å². The molecule has 0 fully saturated rings. The molecule has 0 saturated heterocycles. The van der Waals surface area contributed by atoms with E-state index in [1.165, 1.54) is 0 Å². The normalized spacial score (nSPS) is 10.6. The summed E-state index contributed by atoms with van der Waals surface area (Å²) in [5.41, 5.74) is 1.07. The number of rotatable bonds is 6. The molecule has 5 nitrogen and oxygen atoms in total. The number of nitrogens with zero attached hydrogens (tertiary/aromatic N) is 3. The Hall–Kier alpha value is -2.04. The van der Waals surface area contributed by atoms with E-state index in [0.29, 0.717) is 6.54 Å². The summed E-state index contributed by atoms with van der Waals surface area (Å²) in [5.74, 6) is 3.55. The standard InChI is InChI=1S/C15H22N4O/c1-5-8-16-14-11(2)15(18-12(3)17-14)19(4)10-13-7-6-9-20-13/h6-7,9H,5,8,10H2,1-4H3,(H,16,17,18). The summed E-state index contributed by atoms with van der Waals surface area (Å²) >= 11 is 0. The van der Waals surface area contributed by atoms with E-state index in [1.54, 1.807) is 6.26 Å². The lowest BCUT2D eigenvalue weighted by Crippen LogP contribution is -2.20. The Morgan fingerprint density at radius 1 is 1.30 bits per heavy atom. The van der Waals surface area contributed by atoms with Gasteiger partial charge in [-0.05, 0) is 32.4 Å². The first-order chi connectivity index (χ1) is 9.61. The summed E-state index contributed by atoms with van der Waals surface area (Å²) in [6, 6.07) is 3.87. The molecule has 0 aliphatic carbocycles. The Bertz CT molecular complexity index is 551. The van der Waals surface area contributed by atoms with Gasteiger partial charge in [-0.15, -0.1) is 0 Å². The van der Waals surface area contributed by atoms with Gasteiger partial charge in [0.05, 0.1) is 12.8 Å². The maximum atomic E-state index is 5.39. The number of nitrogens with one attached hydrogen (secondary N) is 1. The van der Waals surface area contributed by atoms with Gasteiger partial charge in [-0.25, -0.2) is 9.97 Å². The summed E-state index contributed by atoms with van der Waals surface area (Å²) in [6.07, 6.45) is 2.76. The molecule has 20 heavy (non-hydrogen) atoms. The van der Waals surface area contributed by atoms with Crippen LogP contribution in [0.1, 0.15) is 30.5 Å². The molecule has 0 spiro atoms. The molecule has 0 radical (unpaired) electrons. The van der Waals surface area contributed by atoms with E-state index in [0.717, 1.165) is 41.7 Å². The predicted octanol–water partition coefficient (Wildman–Crippen LogP) is 3.14. The third-order valence-corrected chi connectivity index (χ3v) is 3.11. The molecular weight excluding hydrogens is 252 g/mol. The van der Waals surface area contributed by atoms with Crippen molar-refractivity contribution in [2.24, 2.45) is 0 Å². The molecule has 0 aliphatic heterocycles. The zero-order chi connectivity index (χ0) is 14.5. The van der Waals surface area contributed by atoms with E-state index in [9.17, 15) is 0 Å². The highest BCUT2D eigenvalue weighted by Crippen LogP contribution is 2.24. The smallest absolute Gasteiger partial charge is 0.137 e. The predicted molar refractivity (Wildman–Crippen MR) is 81.1 cm³/mol. The number of hydrogen-bond donors (Lipinski definition) is 1. The Kier molecular flexibility index (Phi) is 4.61. The van der Waals surface area contributed by atoms with Crippen LogP contribution in [-0.2, 0) is 6.54 Å². The Morgan fingerprint density at radius 2 is 2.10 bits per heavy atom. The zero-order valence-corrected chi connectivity index (χ0v) is 12.6. The highest BCUT2D eigenvalue weighted by atomic mass is 16.3. The molecule has 2 rings (SSSR count). The minimum atomic E-state index is 0.692. The third-order valence-electron chi connectivity index (χ3n) is 3.11. The van der Waals surface area contributed by atoms with Crippen molar-refractivity contribution in [3.8, 4) is 0 Å². The van der Waals surface area contributed by atoms with Gasteiger partial charge in [0.15, 0.2) is 0 Å². The highest BCUT2D eigenvalue weighted by Gasteiger charge is 2.13. The Morgan fingerprint density at radius 3 is 2.75 bits per heavy atom. The highest BCUT2D eigenvalue weighted by molar-refractivity contribution is 5.58. The molecule has 1 N–H and O–H groups in total. The van der Waals surface area contributed by atoms with E-state index in [1.807, 2.05) is 33.0 Å². The van der Waals surface area contributed by atoms with Gasteiger partial charge in [0.2, 0.25) is 0 Å². The first-order valence-electron chi connectivity index (χ1n) is 6.94. The molecular formula is C15H22N4O. The van der Waals surface area contributed by atoms with Crippen LogP contribution >= 0.6 is 0 Å². The van der Waals surface area contributed by atoms with Gasteiger partial charge >= 0.3 is 0 Å². The van der Waals surface area contributed by atoms with Gasteiger partial charge in [-0.3, -0.25) is 0 Å². The molecule has 0 aromatic carbocycles. The number of hydrogen-bond acceptors (Lipinski definition) is 5. The minimum absolute atomic E-state index is 0.692. The number of aryl methyl sites for hydroxylation is 1. The fraction of sp³-hybridized carbons (Fsp3) is 0.467. The number of furan rings is 1.